The van der Waals surface area contributed by atoms with Crippen molar-refractivity contribution >= 4 is 17.1 Å². The number of nitrogens with zero attached hydrogens (tertiary/aromatic N) is 1. The molecule has 1 fully saturated rings. The maximum Gasteiger partial charge on any atom is 0.410 e. The second-order valence-corrected chi connectivity index (χ2v) is 10.9. The Bertz CT molecular complexity index is 446. The highest BCUT2D eigenvalue weighted by Crippen LogP contribution is 2.30. The monoisotopic (exact) mass is 360 g/mol. The van der Waals surface area contributed by atoms with E-state index in [1.165, 1.54) is 0 Å². The molecule has 5 nitrogen and oxygen atoms in total. The number of amides is 1. The second kappa shape index (κ2) is 8.17. The van der Waals surface area contributed by atoms with Gasteiger partial charge in [-0.3, -0.25) is 0 Å². The Balaban J connectivity index is 2.48. The molecule has 1 amide bonds. The molecule has 0 aliphatic heterocycles. The van der Waals surface area contributed by atoms with Gasteiger partial charge in [-0.25, -0.2) is 13.7 Å². The Morgan fingerprint density at radius 3 is 2.04 bits per heavy atom. The lowest BCUT2D eigenvalue weighted by atomic mass is 9.82. The van der Waals surface area contributed by atoms with Crippen molar-refractivity contribution in [3.63, 3.8) is 0 Å². The van der Waals surface area contributed by atoms with Gasteiger partial charge in [-0.2, -0.15) is 0 Å². The van der Waals surface area contributed by atoms with Crippen LogP contribution in [0.1, 0.15) is 74.1 Å². The van der Waals surface area contributed by atoms with Crippen LogP contribution in [0, 0.1) is 5.92 Å². The van der Waals surface area contributed by atoms with E-state index in [4.69, 9.17) is 4.74 Å². The van der Waals surface area contributed by atoms with Crippen molar-refractivity contribution < 1.29 is 13.7 Å². The number of ether oxygens (including phenoxy) is 1. The van der Waals surface area contributed by atoms with Crippen LogP contribution in [0.3, 0.4) is 0 Å². The molecule has 0 aromatic heterocycles. The normalized spacial score (nSPS) is 25.0. The molecule has 0 bridgehead atoms. The molecular formula is C18H36N2O3S. The zero-order valence-electron chi connectivity index (χ0n) is 16.6. The summed E-state index contributed by atoms with van der Waals surface area (Å²) in [7, 11) is 0.789. The predicted octanol–water partition coefficient (Wildman–Crippen LogP) is 3.85. The standard InChI is InChI=1S/C18H36N2O3S/c1-13(19-24(22)18(5,6)7)14-9-11-15(12-10-14)20(8)16(21)23-17(2,3)4/h13-15,19H,9-12H2,1-8H3/t13-,14?,15?,24?/m0/s1. The van der Waals surface area contributed by atoms with Gasteiger partial charge in [0.05, 0.1) is 15.7 Å². The Labute approximate surface area is 150 Å². The molecule has 1 aliphatic carbocycles. The van der Waals surface area contributed by atoms with E-state index in [0.717, 1.165) is 25.7 Å². The maximum atomic E-state index is 12.2. The van der Waals surface area contributed by atoms with Crippen molar-refractivity contribution in [3.8, 4) is 0 Å². The van der Waals surface area contributed by atoms with Crippen LogP contribution >= 0.6 is 0 Å². The SMILES string of the molecule is C[C@H](NS(=O)C(C)(C)C)C1CCC(N(C)C(=O)OC(C)(C)C)CC1. The molecule has 0 aromatic rings. The first-order valence-corrected chi connectivity index (χ1v) is 10.1. The average molecular weight is 361 g/mol. The summed E-state index contributed by atoms with van der Waals surface area (Å²) in [5.74, 6) is 0.500. The molecule has 0 aromatic carbocycles. The van der Waals surface area contributed by atoms with Gasteiger partial charge in [0.25, 0.3) is 0 Å². The van der Waals surface area contributed by atoms with E-state index in [1.54, 1.807) is 4.90 Å². The van der Waals surface area contributed by atoms with Crippen molar-refractivity contribution in [2.75, 3.05) is 7.05 Å². The van der Waals surface area contributed by atoms with Crippen LogP contribution in [0.25, 0.3) is 0 Å². The highest BCUT2D eigenvalue weighted by atomic mass is 32.2. The fourth-order valence-electron chi connectivity index (χ4n) is 2.91. The molecule has 0 spiro atoms. The van der Waals surface area contributed by atoms with Crippen LogP contribution in [0.15, 0.2) is 0 Å². The molecule has 1 unspecified atom stereocenters. The van der Waals surface area contributed by atoms with Gasteiger partial charge in [-0.15, -0.1) is 0 Å². The highest BCUT2D eigenvalue weighted by molar-refractivity contribution is 7.84. The molecule has 0 saturated heterocycles. The van der Waals surface area contributed by atoms with Crippen molar-refractivity contribution in [3.05, 3.63) is 0 Å². The Morgan fingerprint density at radius 2 is 1.62 bits per heavy atom. The van der Waals surface area contributed by atoms with Gasteiger partial charge in [0.1, 0.15) is 5.60 Å². The zero-order valence-corrected chi connectivity index (χ0v) is 17.5. The molecule has 1 rings (SSSR count). The number of carbonyl (C=O) groups is 1. The summed E-state index contributed by atoms with van der Waals surface area (Å²) >= 11 is 0. The van der Waals surface area contributed by atoms with Gasteiger partial charge in [-0.1, -0.05) is 0 Å². The fraction of sp³-hybridized carbons (Fsp3) is 0.944. The molecule has 142 valence electrons. The highest BCUT2D eigenvalue weighted by Gasteiger charge is 2.32. The average Bonchev–Trinajstić information content (AvgIpc) is 2.43. The van der Waals surface area contributed by atoms with E-state index < -0.39 is 16.6 Å². The van der Waals surface area contributed by atoms with Crippen molar-refractivity contribution in [2.45, 2.75) is 96.6 Å². The molecule has 0 radical (unpaired) electrons. The van der Waals surface area contributed by atoms with E-state index in [0.29, 0.717) is 5.92 Å². The zero-order chi connectivity index (χ0) is 18.7. The van der Waals surface area contributed by atoms with Crippen molar-refractivity contribution in [2.24, 2.45) is 5.92 Å². The smallest absolute Gasteiger partial charge is 0.410 e. The lowest BCUT2D eigenvalue weighted by molar-refractivity contribution is 0.0168. The third kappa shape index (κ3) is 6.71. The van der Waals surface area contributed by atoms with Crippen LogP contribution in [0.4, 0.5) is 4.79 Å². The van der Waals surface area contributed by atoms with Gasteiger partial charge in [0.2, 0.25) is 0 Å². The first-order chi connectivity index (χ1) is 10.8. The topological polar surface area (TPSA) is 58.6 Å². The number of carbonyl (C=O) groups excluding carboxylic acids is 1. The van der Waals surface area contributed by atoms with Gasteiger partial charge < -0.3 is 9.64 Å². The van der Waals surface area contributed by atoms with Crippen molar-refractivity contribution in [1.29, 1.82) is 0 Å². The predicted molar refractivity (Wildman–Crippen MR) is 100 cm³/mol. The van der Waals surface area contributed by atoms with Gasteiger partial charge in [-0.05, 0) is 80.1 Å². The summed E-state index contributed by atoms with van der Waals surface area (Å²) in [6, 6.07) is 0.453. The van der Waals surface area contributed by atoms with Crippen LogP contribution in [0.5, 0.6) is 0 Å². The van der Waals surface area contributed by atoms with Crippen LogP contribution in [-0.4, -0.2) is 44.7 Å². The van der Waals surface area contributed by atoms with Gasteiger partial charge in [0.15, 0.2) is 0 Å². The molecule has 6 heteroatoms. The Kier molecular flexibility index (Phi) is 7.29. The number of hydrogen-bond acceptors (Lipinski definition) is 3. The lowest BCUT2D eigenvalue weighted by Gasteiger charge is -2.37. The minimum Gasteiger partial charge on any atom is -0.444 e. The quantitative estimate of drug-likeness (QED) is 0.828. The number of rotatable bonds is 4. The lowest BCUT2D eigenvalue weighted by Crippen LogP contribution is -2.46. The molecule has 24 heavy (non-hydrogen) atoms. The molecule has 1 saturated carbocycles. The van der Waals surface area contributed by atoms with E-state index >= 15 is 0 Å². The first kappa shape index (κ1) is 21.4. The minimum absolute atomic E-state index is 0.220. The third-order valence-electron chi connectivity index (χ3n) is 4.53. The molecule has 1 aliphatic rings. The number of nitrogens with one attached hydrogen (secondary N) is 1. The van der Waals surface area contributed by atoms with Gasteiger partial charge >= 0.3 is 6.09 Å². The fourth-order valence-corrected chi connectivity index (χ4v) is 3.80. The summed E-state index contributed by atoms with van der Waals surface area (Å²) < 4.78 is 20.7. The molecular weight excluding hydrogens is 324 g/mol. The summed E-state index contributed by atoms with van der Waals surface area (Å²) in [6.07, 6.45) is 3.76. The second-order valence-electron chi connectivity index (χ2n) is 8.95. The van der Waals surface area contributed by atoms with E-state index in [2.05, 4.69) is 11.6 Å². The van der Waals surface area contributed by atoms with E-state index in [-0.39, 0.29) is 22.9 Å². The van der Waals surface area contributed by atoms with Crippen LogP contribution < -0.4 is 4.72 Å². The Hall–Kier alpha value is -0.620. The van der Waals surface area contributed by atoms with E-state index in [1.807, 2.05) is 48.6 Å². The summed E-state index contributed by atoms with van der Waals surface area (Å²) in [5, 5.41) is 0. The maximum absolute atomic E-state index is 12.2. The molecule has 2 atom stereocenters. The third-order valence-corrected chi connectivity index (χ3v) is 6.23. The Morgan fingerprint density at radius 1 is 1.12 bits per heavy atom. The largest absolute Gasteiger partial charge is 0.444 e. The van der Waals surface area contributed by atoms with Gasteiger partial charge in [0, 0.05) is 19.1 Å². The molecule has 1 N–H and O–H groups in total. The molecule has 0 heterocycles. The van der Waals surface area contributed by atoms with Crippen molar-refractivity contribution in [1.82, 2.24) is 9.62 Å². The van der Waals surface area contributed by atoms with E-state index in [9.17, 15) is 9.00 Å². The number of hydrogen-bond donors (Lipinski definition) is 1. The van der Waals surface area contributed by atoms with Crippen LogP contribution in [0.2, 0.25) is 0 Å². The minimum atomic E-state index is -1.04. The summed E-state index contributed by atoms with van der Waals surface area (Å²) in [4.78, 5) is 13.9. The van der Waals surface area contributed by atoms with Crippen LogP contribution in [-0.2, 0) is 15.7 Å². The first-order valence-electron chi connectivity index (χ1n) is 8.95. The summed E-state index contributed by atoms with van der Waals surface area (Å²) in [6.45, 7) is 13.7. The summed E-state index contributed by atoms with van der Waals surface area (Å²) in [5.41, 5.74) is -0.460.